The minimum atomic E-state index is -0.553. The molecule has 0 bridgehead atoms. The third-order valence-corrected chi connectivity index (χ3v) is 3.76. The summed E-state index contributed by atoms with van der Waals surface area (Å²) in [4.78, 5) is 12.2. The number of benzene rings is 2. The summed E-state index contributed by atoms with van der Waals surface area (Å²) in [7, 11) is 1.62. The van der Waals surface area contributed by atoms with Crippen molar-refractivity contribution in [2.24, 2.45) is 0 Å². The molecule has 122 valence electrons. The van der Waals surface area contributed by atoms with Gasteiger partial charge in [0.1, 0.15) is 11.5 Å². The molecule has 1 N–H and O–H groups in total. The fraction of sp³-hybridized carbons (Fsp3) is 0.316. The molecule has 0 fully saturated rings. The van der Waals surface area contributed by atoms with E-state index in [0.717, 1.165) is 16.9 Å². The molecule has 0 aliphatic rings. The van der Waals surface area contributed by atoms with E-state index in [4.69, 9.17) is 9.47 Å². The van der Waals surface area contributed by atoms with Crippen LogP contribution in [0.25, 0.3) is 0 Å². The van der Waals surface area contributed by atoms with Gasteiger partial charge < -0.3 is 14.8 Å². The van der Waals surface area contributed by atoms with Gasteiger partial charge in [0.05, 0.1) is 7.11 Å². The molecule has 1 atom stereocenters. The zero-order chi connectivity index (χ0) is 16.8. The second kappa shape index (κ2) is 7.68. The molecule has 2 rings (SSSR count). The predicted molar refractivity (Wildman–Crippen MR) is 90.8 cm³/mol. The molecule has 4 heteroatoms. The molecule has 0 saturated heterocycles. The highest BCUT2D eigenvalue weighted by molar-refractivity contribution is 5.80. The van der Waals surface area contributed by atoms with E-state index in [9.17, 15) is 4.79 Å². The molecule has 2 aromatic carbocycles. The fourth-order valence-corrected chi connectivity index (χ4v) is 2.16. The first-order valence-electron chi connectivity index (χ1n) is 7.64. The van der Waals surface area contributed by atoms with Gasteiger partial charge in [-0.3, -0.25) is 4.79 Å². The largest absolute Gasteiger partial charge is 0.497 e. The Labute approximate surface area is 137 Å². The third kappa shape index (κ3) is 4.74. The van der Waals surface area contributed by atoms with Gasteiger partial charge in [0.25, 0.3) is 5.91 Å². The van der Waals surface area contributed by atoms with Crippen LogP contribution in [-0.4, -0.2) is 19.1 Å². The molecule has 1 amide bonds. The Morgan fingerprint density at radius 2 is 1.87 bits per heavy atom. The van der Waals surface area contributed by atoms with E-state index in [1.807, 2.05) is 56.3 Å². The van der Waals surface area contributed by atoms with Crippen molar-refractivity contribution in [2.75, 3.05) is 7.11 Å². The minimum absolute atomic E-state index is 0.147. The first-order chi connectivity index (χ1) is 11.0. The summed E-state index contributed by atoms with van der Waals surface area (Å²) in [5.74, 6) is 1.33. The van der Waals surface area contributed by atoms with Crippen molar-refractivity contribution < 1.29 is 14.3 Å². The van der Waals surface area contributed by atoms with Crippen LogP contribution in [0.2, 0.25) is 0 Å². The number of rotatable bonds is 6. The summed E-state index contributed by atoms with van der Waals surface area (Å²) in [5.41, 5.74) is 3.33. The Kier molecular flexibility index (Phi) is 5.63. The van der Waals surface area contributed by atoms with E-state index >= 15 is 0 Å². The predicted octanol–water partition coefficient (Wildman–Crippen LogP) is 3.40. The second-order valence-corrected chi connectivity index (χ2v) is 5.58. The molecule has 0 aromatic heterocycles. The smallest absolute Gasteiger partial charge is 0.261 e. The van der Waals surface area contributed by atoms with Crippen molar-refractivity contribution in [2.45, 2.75) is 33.4 Å². The van der Waals surface area contributed by atoms with Gasteiger partial charge in [0.15, 0.2) is 6.10 Å². The molecule has 23 heavy (non-hydrogen) atoms. The van der Waals surface area contributed by atoms with Gasteiger partial charge >= 0.3 is 0 Å². The summed E-state index contributed by atoms with van der Waals surface area (Å²) in [6, 6.07) is 13.4. The summed E-state index contributed by atoms with van der Waals surface area (Å²) >= 11 is 0. The highest BCUT2D eigenvalue weighted by atomic mass is 16.5. The molecule has 4 nitrogen and oxygen atoms in total. The van der Waals surface area contributed by atoms with Crippen LogP contribution in [0.4, 0.5) is 0 Å². The van der Waals surface area contributed by atoms with Crippen LogP contribution in [0.5, 0.6) is 11.5 Å². The Bertz CT molecular complexity index is 682. The maximum Gasteiger partial charge on any atom is 0.261 e. The zero-order valence-corrected chi connectivity index (χ0v) is 14.1. The molecule has 0 saturated carbocycles. The Morgan fingerprint density at radius 1 is 1.09 bits per heavy atom. The molecular weight excluding hydrogens is 290 g/mol. The zero-order valence-electron chi connectivity index (χ0n) is 14.1. The normalized spacial score (nSPS) is 11.7. The van der Waals surface area contributed by atoms with E-state index in [-0.39, 0.29) is 5.91 Å². The second-order valence-electron chi connectivity index (χ2n) is 5.58. The van der Waals surface area contributed by atoms with Gasteiger partial charge in [0, 0.05) is 6.54 Å². The molecule has 2 aromatic rings. The Balaban J connectivity index is 1.90. The fourth-order valence-electron chi connectivity index (χ4n) is 2.16. The number of carbonyl (C=O) groups excluding carboxylic acids is 1. The minimum Gasteiger partial charge on any atom is -0.497 e. The lowest BCUT2D eigenvalue weighted by Gasteiger charge is -2.15. The number of hydrogen-bond donors (Lipinski definition) is 1. The average Bonchev–Trinajstić information content (AvgIpc) is 2.56. The monoisotopic (exact) mass is 313 g/mol. The average molecular weight is 313 g/mol. The number of aryl methyl sites for hydroxylation is 2. The number of carbonyl (C=O) groups is 1. The lowest BCUT2D eigenvalue weighted by atomic mass is 10.1. The van der Waals surface area contributed by atoms with Crippen molar-refractivity contribution in [3.8, 4) is 11.5 Å². The van der Waals surface area contributed by atoms with Gasteiger partial charge in [-0.25, -0.2) is 0 Å². The van der Waals surface area contributed by atoms with E-state index in [2.05, 4.69) is 5.32 Å². The van der Waals surface area contributed by atoms with E-state index in [1.165, 1.54) is 5.56 Å². The Hall–Kier alpha value is -2.49. The third-order valence-electron chi connectivity index (χ3n) is 3.76. The number of nitrogens with one attached hydrogen (secondary N) is 1. The number of hydrogen-bond acceptors (Lipinski definition) is 3. The molecule has 0 aliphatic heterocycles. The first-order valence-corrected chi connectivity index (χ1v) is 7.64. The molecule has 0 radical (unpaired) electrons. The van der Waals surface area contributed by atoms with Gasteiger partial charge in [0.2, 0.25) is 0 Å². The van der Waals surface area contributed by atoms with Crippen LogP contribution in [0, 0.1) is 13.8 Å². The van der Waals surface area contributed by atoms with Crippen LogP contribution in [0.3, 0.4) is 0 Å². The van der Waals surface area contributed by atoms with Crippen LogP contribution >= 0.6 is 0 Å². The Morgan fingerprint density at radius 3 is 2.57 bits per heavy atom. The topological polar surface area (TPSA) is 47.6 Å². The van der Waals surface area contributed by atoms with Crippen molar-refractivity contribution in [1.29, 1.82) is 0 Å². The van der Waals surface area contributed by atoms with Crippen LogP contribution in [0.15, 0.2) is 42.5 Å². The van der Waals surface area contributed by atoms with Gasteiger partial charge in [-0.2, -0.15) is 0 Å². The maximum atomic E-state index is 12.2. The molecular formula is C19H23NO3. The number of methoxy groups -OCH3 is 1. The van der Waals surface area contributed by atoms with Gasteiger partial charge in [-0.05, 0) is 61.7 Å². The van der Waals surface area contributed by atoms with Crippen LogP contribution < -0.4 is 14.8 Å². The van der Waals surface area contributed by atoms with Crippen molar-refractivity contribution >= 4 is 5.91 Å². The summed E-state index contributed by atoms with van der Waals surface area (Å²) in [6.07, 6.45) is -0.553. The van der Waals surface area contributed by atoms with E-state index in [0.29, 0.717) is 12.3 Å². The summed E-state index contributed by atoms with van der Waals surface area (Å²) < 4.78 is 10.9. The summed E-state index contributed by atoms with van der Waals surface area (Å²) in [6.45, 7) is 6.26. The lowest BCUT2D eigenvalue weighted by molar-refractivity contribution is -0.127. The molecule has 1 unspecified atom stereocenters. The molecule has 0 aliphatic carbocycles. The quantitative estimate of drug-likeness (QED) is 0.889. The van der Waals surface area contributed by atoms with Gasteiger partial charge in [-0.1, -0.05) is 18.2 Å². The SMILES string of the molecule is COc1cccc(CNC(=O)C(C)Oc2ccc(C)c(C)c2)c1. The van der Waals surface area contributed by atoms with E-state index < -0.39 is 6.10 Å². The van der Waals surface area contributed by atoms with Gasteiger partial charge in [-0.15, -0.1) is 0 Å². The van der Waals surface area contributed by atoms with Crippen LogP contribution in [0.1, 0.15) is 23.6 Å². The highest BCUT2D eigenvalue weighted by Gasteiger charge is 2.14. The number of amides is 1. The lowest BCUT2D eigenvalue weighted by Crippen LogP contribution is -2.35. The molecule has 0 spiro atoms. The molecule has 0 heterocycles. The van der Waals surface area contributed by atoms with Crippen molar-refractivity contribution in [3.05, 3.63) is 59.2 Å². The number of ether oxygens (including phenoxy) is 2. The summed E-state index contributed by atoms with van der Waals surface area (Å²) in [5, 5.41) is 2.88. The van der Waals surface area contributed by atoms with Crippen LogP contribution in [-0.2, 0) is 11.3 Å². The highest BCUT2D eigenvalue weighted by Crippen LogP contribution is 2.18. The van der Waals surface area contributed by atoms with Crippen molar-refractivity contribution in [3.63, 3.8) is 0 Å². The first kappa shape index (κ1) is 16.9. The van der Waals surface area contributed by atoms with E-state index in [1.54, 1.807) is 14.0 Å². The maximum absolute atomic E-state index is 12.2. The van der Waals surface area contributed by atoms with Crippen molar-refractivity contribution in [1.82, 2.24) is 5.32 Å². The standard InChI is InChI=1S/C19H23NO3/c1-13-8-9-18(10-14(13)2)23-15(3)19(21)20-12-16-6-5-7-17(11-16)22-4/h5-11,15H,12H2,1-4H3,(H,20,21).